The number of benzene rings is 1. The van der Waals surface area contributed by atoms with Gasteiger partial charge in [-0.1, -0.05) is 38.7 Å². The van der Waals surface area contributed by atoms with Gasteiger partial charge in [0.25, 0.3) is 0 Å². The molecule has 0 saturated heterocycles. The molecule has 0 fully saturated rings. The summed E-state index contributed by atoms with van der Waals surface area (Å²) in [7, 11) is 1.41. The third-order valence-electron chi connectivity index (χ3n) is 3.25. The molecule has 19 heavy (non-hydrogen) atoms. The van der Waals surface area contributed by atoms with E-state index in [1.54, 1.807) is 6.07 Å². The molecule has 0 bridgehead atoms. The molecule has 0 unspecified atom stereocenters. The molecule has 0 spiro atoms. The van der Waals surface area contributed by atoms with Crippen LogP contribution in [0.25, 0.3) is 0 Å². The fourth-order valence-corrected chi connectivity index (χ4v) is 2.01. The third-order valence-corrected chi connectivity index (χ3v) is 3.25. The van der Waals surface area contributed by atoms with Crippen LogP contribution in [0.5, 0.6) is 0 Å². The summed E-state index contributed by atoms with van der Waals surface area (Å²) >= 11 is 0. The van der Waals surface area contributed by atoms with Gasteiger partial charge < -0.3 is 10.1 Å². The molecule has 3 heteroatoms. The molecule has 0 saturated carbocycles. The van der Waals surface area contributed by atoms with Crippen molar-refractivity contribution in [3.63, 3.8) is 0 Å². The Bertz CT molecular complexity index is 402. The van der Waals surface area contributed by atoms with E-state index in [0.29, 0.717) is 5.56 Å². The number of hydrogen-bond acceptors (Lipinski definition) is 3. The quantitative estimate of drug-likeness (QED) is 0.565. The van der Waals surface area contributed by atoms with Crippen molar-refractivity contribution in [2.75, 3.05) is 19.0 Å². The predicted octanol–water partition coefficient (Wildman–Crippen LogP) is 4.16. The molecule has 0 aliphatic rings. The van der Waals surface area contributed by atoms with Gasteiger partial charge in [-0.3, -0.25) is 0 Å². The van der Waals surface area contributed by atoms with Gasteiger partial charge in [-0.25, -0.2) is 4.79 Å². The van der Waals surface area contributed by atoms with Crippen molar-refractivity contribution < 1.29 is 9.53 Å². The number of nitrogens with one attached hydrogen (secondary N) is 1. The van der Waals surface area contributed by atoms with E-state index < -0.39 is 0 Å². The average Bonchev–Trinajstić information content (AvgIpc) is 2.43. The van der Waals surface area contributed by atoms with E-state index in [2.05, 4.69) is 12.2 Å². The molecule has 0 radical (unpaired) electrons. The van der Waals surface area contributed by atoms with Gasteiger partial charge in [-0.2, -0.15) is 0 Å². The standard InChI is InChI=1S/C16H25NO2/c1-4-5-6-7-8-11-17-15-12-14(16(18)19-3)10-9-13(15)2/h9-10,12,17H,4-8,11H2,1-3H3. The van der Waals surface area contributed by atoms with Crippen LogP contribution in [-0.4, -0.2) is 19.6 Å². The first kappa shape index (κ1) is 15.5. The molecule has 106 valence electrons. The second-order valence-corrected chi connectivity index (χ2v) is 4.86. The first-order valence-electron chi connectivity index (χ1n) is 7.12. The first-order chi connectivity index (χ1) is 9.19. The van der Waals surface area contributed by atoms with Crippen LogP contribution in [0, 0.1) is 6.92 Å². The van der Waals surface area contributed by atoms with Gasteiger partial charge in [0.15, 0.2) is 0 Å². The molecular formula is C16H25NO2. The number of ether oxygens (including phenoxy) is 1. The van der Waals surface area contributed by atoms with E-state index >= 15 is 0 Å². The molecule has 1 aromatic carbocycles. The second-order valence-electron chi connectivity index (χ2n) is 4.86. The lowest BCUT2D eigenvalue weighted by atomic mass is 10.1. The first-order valence-corrected chi connectivity index (χ1v) is 7.12. The van der Waals surface area contributed by atoms with E-state index in [9.17, 15) is 4.79 Å². The highest BCUT2D eigenvalue weighted by molar-refractivity contribution is 5.90. The van der Waals surface area contributed by atoms with Crippen molar-refractivity contribution in [3.8, 4) is 0 Å². The van der Waals surface area contributed by atoms with Crippen molar-refractivity contribution in [2.24, 2.45) is 0 Å². The Morgan fingerprint density at radius 3 is 2.63 bits per heavy atom. The Kier molecular flexibility index (Phi) is 7.01. The van der Waals surface area contributed by atoms with Crippen LogP contribution in [-0.2, 0) is 4.74 Å². The zero-order valence-electron chi connectivity index (χ0n) is 12.3. The van der Waals surface area contributed by atoms with Crippen LogP contribution in [0.15, 0.2) is 18.2 Å². The molecule has 1 aromatic rings. The summed E-state index contributed by atoms with van der Waals surface area (Å²) in [6.45, 7) is 5.22. The second kappa shape index (κ2) is 8.57. The maximum atomic E-state index is 11.5. The molecular weight excluding hydrogens is 238 g/mol. The monoisotopic (exact) mass is 263 g/mol. The number of methoxy groups -OCH3 is 1. The van der Waals surface area contributed by atoms with Crippen LogP contribution in [0.2, 0.25) is 0 Å². The van der Waals surface area contributed by atoms with Crippen LogP contribution in [0.3, 0.4) is 0 Å². The number of esters is 1. The van der Waals surface area contributed by atoms with Crippen molar-refractivity contribution in [1.29, 1.82) is 0 Å². The lowest BCUT2D eigenvalue weighted by molar-refractivity contribution is 0.0601. The highest BCUT2D eigenvalue weighted by Gasteiger charge is 2.07. The maximum absolute atomic E-state index is 11.5. The predicted molar refractivity (Wildman–Crippen MR) is 79.8 cm³/mol. The fraction of sp³-hybridized carbons (Fsp3) is 0.562. The average molecular weight is 263 g/mol. The van der Waals surface area contributed by atoms with E-state index in [0.717, 1.165) is 17.8 Å². The summed E-state index contributed by atoms with van der Waals surface area (Å²) < 4.78 is 4.73. The molecule has 0 amide bonds. The number of unbranched alkanes of at least 4 members (excludes halogenated alkanes) is 4. The largest absolute Gasteiger partial charge is 0.465 e. The Labute approximate surface area is 116 Å². The summed E-state index contributed by atoms with van der Waals surface area (Å²) in [5.74, 6) is -0.286. The summed E-state index contributed by atoms with van der Waals surface area (Å²) in [6, 6.07) is 5.62. The molecule has 0 aliphatic carbocycles. The third kappa shape index (κ3) is 5.33. The van der Waals surface area contributed by atoms with E-state index in [-0.39, 0.29) is 5.97 Å². The van der Waals surface area contributed by atoms with E-state index in [1.165, 1.54) is 39.2 Å². The molecule has 0 aliphatic heterocycles. The Morgan fingerprint density at radius 2 is 1.95 bits per heavy atom. The van der Waals surface area contributed by atoms with Gasteiger partial charge in [0.05, 0.1) is 12.7 Å². The van der Waals surface area contributed by atoms with Gasteiger partial charge >= 0.3 is 5.97 Å². The number of carbonyl (C=O) groups is 1. The van der Waals surface area contributed by atoms with Gasteiger partial charge in [-0.15, -0.1) is 0 Å². The SMILES string of the molecule is CCCCCCCNc1cc(C(=O)OC)ccc1C. The molecule has 1 N–H and O–H groups in total. The topological polar surface area (TPSA) is 38.3 Å². The van der Waals surface area contributed by atoms with E-state index in [4.69, 9.17) is 4.74 Å². The van der Waals surface area contributed by atoms with Crippen LogP contribution in [0.1, 0.15) is 54.9 Å². The molecule has 1 rings (SSSR count). The Balaban J connectivity index is 2.46. The minimum absolute atomic E-state index is 0.286. The number of aryl methyl sites for hydroxylation is 1. The van der Waals surface area contributed by atoms with Crippen molar-refractivity contribution >= 4 is 11.7 Å². The van der Waals surface area contributed by atoms with Crippen molar-refractivity contribution in [3.05, 3.63) is 29.3 Å². The molecule has 0 atom stereocenters. The number of hydrogen-bond donors (Lipinski definition) is 1. The zero-order valence-corrected chi connectivity index (χ0v) is 12.3. The smallest absolute Gasteiger partial charge is 0.337 e. The van der Waals surface area contributed by atoms with Gasteiger partial charge in [0.2, 0.25) is 0 Å². The molecule has 0 aromatic heterocycles. The Morgan fingerprint density at radius 1 is 1.21 bits per heavy atom. The maximum Gasteiger partial charge on any atom is 0.337 e. The number of anilines is 1. The number of carbonyl (C=O) groups excluding carboxylic acids is 1. The van der Waals surface area contributed by atoms with Gasteiger partial charge in [0.1, 0.15) is 0 Å². The zero-order chi connectivity index (χ0) is 14.1. The number of rotatable bonds is 8. The highest BCUT2D eigenvalue weighted by Crippen LogP contribution is 2.17. The minimum Gasteiger partial charge on any atom is -0.465 e. The van der Waals surface area contributed by atoms with Crippen molar-refractivity contribution in [2.45, 2.75) is 46.0 Å². The van der Waals surface area contributed by atoms with Crippen molar-refractivity contribution in [1.82, 2.24) is 0 Å². The lowest BCUT2D eigenvalue weighted by Gasteiger charge is -2.11. The summed E-state index contributed by atoms with van der Waals surface area (Å²) in [5, 5.41) is 3.40. The molecule has 3 nitrogen and oxygen atoms in total. The van der Waals surface area contributed by atoms with Crippen LogP contribution in [0.4, 0.5) is 5.69 Å². The fourth-order valence-electron chi connectivity index (χ4n) is 2.01. The highest BCUT2D eigenvalue weighted by atomic mass is 16.5. The van der Waals surface area contributed by atoms with Crippen LogP contribution >= 0.6 is 0 Å². The van der Waals surface area contributed by atoms with E-state index in [1.807, 2.05) is 19.1 Å². The van der Waals surface area contributed by atoms with Crippen LogP contribution < -0.4 is 5.32 Å². The van der Waals surface area contributed by atoms with Gasteiger partial charge in [0, 0.05) is 12.2 Å². The summed E-state index contributed by atoms with van der Waals surface area (Å²) in [6.07, 6.45) is 6.32. The summed E-state index contributed by atoms with van der Waals surface area (Å²) in [4.78, 5) is 11.5. The Hall–Kier alpha value is -1.51. The lowest BCUT2D eigenvalue weighted by Crippen LogP contribution is -2.06. The molecule has 0 heterocycles. The normalized spacial score (nSPS) is 10.3. The minimum atomic E-state index is -0.286. The van der Waals surface area contributed by atoms with Gasteiger partial charge in [-0.05, 0) is 31.0 Å². The summed E-state index contributed by atoms with van der Waals surface area (Å²) in [5.41, 5.74) is 2.78.